The van der Waals surface area contributed by atoms with Gasteiger partial charge in [-0.2, -0.15) is 4.98 Å². The highest BCUT2D eigenvalue weighted by Crippen LogP contribution is 2.20. The summed E-state index contributed by atoms with van der Waals surface area (Å²) in [7, 11) is 3.35. The van der Waals surface area contributed by atoms with Gasteiger partial charge in [-0.15, -0.1) is 5.10 Å². The van der Waals surface area contributed by atoms with Gasteiger partial charge in [0, 0.05) is 18.2 Å². The summed E-state index contributed by atoms with van der Waals surface area (Å²) in [6, 6.07) is 16.4. The Hall–Kier alpha value is -3.15. The van der Waals surface area contributed by atoms with Crippen molar-refractivity contribution >= 4 is 11.9 Å². The Balaban J connectivity index is 1.82. The summed E-state index contributed by atoms with van der Waals surface area (Å²) in [6.45, 7) is 0. The summed E-state index contributed by atoms with van der Waals surface area (Å²) in [5.41, 5.74) is 1.42. The van der Waals surface area contributed by atoms with Gasteiger partial charge < -0.3 is 4.74 Å². The second-order valence-corrected chi connectivity index (χ2v) is 4.93. The number of anilines is 1. The minimum Gasteiger partial charge on any atom is -0.497 e. The third kappa shape index (κ3) is 3.21. The Morgan fingerprint density at radius 2 is 1.78 bits per heavy atom. The number of ether oxygens (including phenoxy) is 1. The van der Waals surface area contributed by atoms with Crippen LogP contribution in [0.15, 0.2) is 54.6 Å². The predicted molar refractivity (Wildman–Crippen MR) is 87.4 cm³/mol. The smallest absolute Gasteiger partial charge is 0.258 e. The van der Waals surface area contributed by atoms with Crippen molar-refractivity contribution in [3.05, 3.63) is 60.2 Å². The van der Waals surface area contributed by atoms with E-state index >= 15 is 0 Å². The number of nitrogens with zero attached hydrogens (tertiary/aromatic N) is 3. The van der Waals surface area contributed by atoms with Crippen LogP contribution < -0.4 is 10.1 Å². The normalized spacial score (nSPS) is 10.3. The Labute approximate surface area is 133 Å². The van der Waals surface area contributed by atoms with Crippen molar-refractivity contribution in [3.63, 3.8) is 0 Å². The molecule has 0 unspecified atom stereocenters. The first-order valence-electron chi connectivity index (χ1n) is 7.09. The van der Waals surface area contributed by atoms with Crippen molar-refractivity contribution in [2.75, 3.05) is 12.4 Å². The average Bonchev–Trinajstić information content (AvgIpc) is 2.96. The van der Waals surface area contributed by atoms with Gasteiger partial charge in [0.25, 0.3) is 5.91 Å². The molecule has 0 radical (unpaired) electrons. The van der Waals surface area contributed by atoms with Crippen LogP contribution in [0.1, 0.15) is 10.4 Å². The highest BCUT2D eigenvalue weighted by Gasteiger charge is 2.13. The molecule has 2 aromatic carbocycles. The lowest BCUT2D eigenvalue weighted by molar-refractivity contribution is 0.102. The van der Waals surface area contributed by atoms with E-state index in [2.05, 4.69) is 15.4 Å². The highest BCUT2D eigenvalue weighted by molar-refractivity contribution is 6.03. The minimum atomic E-state index is -0.220. The van der Waals surface area contributed by atoms with Gasteiger partial charge in [-0.3, -0.25) is 10.1 Å². The van der Waals surface area contributed by atoms with Gasteiger partial charge in [0.05, 0.1) is 7.11 Å². The first kappa shape index (κ1) is 14.8. The lowest BCUT2D eigenvalue weighted by Gasteiger charge is -2.02. The van der Waals surface area contributed by atoms with E-state index < -0.39 is 0 Å². The molecule has 0 atom stereocenters. The second-order valence-electron chi connectivity index (χ2n) is 4.93. The van der Waals surface area contributed by atoms with Crippen LogP contribution in [0.25, 0.3) is 11.4 Å². The lowest BCUT2D eigenvalue weighted by Crippen LogP contribution is -2.15. The number of carbonyl (C=O) groups excluding carboxylic acids is 1. The zero-order valence-corrected chi connectivity index (χ0v) is 12.9. The van der Waals surface area contributed by atoms with Crippen LogP contribution >= 0.6 is 0 Å². The number of amides is 1. The Morgan fingerprint density at radius 1 is 1.09 bits per heavy atom. The summed E-state index contributed by atoms with van der Waals surface area (Å²) in [5, 5.41) is 7.10. The zero-order valence-electron chi connectivity index (χ0n) is 12.9. The lowest BCUT2D eigenvalue weighted by atomic mass is 10.2. The first-order valence-corrected chi connectivity index (χ1v) is 7.09. The number of aryl methyl sites for hydroxylation is 1. The SMILES string of the molecule is COc1ccc(-c2nc(NC(=O)c3ccccc3)n(C)n2)cc1. The Bertz CT molecular complexity index is 810. The Kier molecular flexibility index (Phi) is 4.05. The molecule has 0 bridgehead atoms. The third-order valence-corrected chi connectivity index (χ3v) is 3.37. The summed E-state index contributed by atoms with van der Waals surface area (Å²) in [4.78, 5) is 16.6. The molecule has 1 amide bonds. The highest BCUT2D eigenvalue weighted by atomic mass is 16.5. The van der Waals surface area contributed by atoms with E-state index in [-0.39, 0.29) is 5.91 Å². The fraction of sp³-hybridized carbons (Fsp3) is 0.118. The molecule has 0 saturated carbocycles. The van der Waals surface area contributed by atoms with Crippen molar-refractivity contribution in [2.45, 2.75) is 0 Å². The molecule has 6 heteroatoms. The van der Waals surface area contributed by atoms with Crippen LogP contribution in [-0.4, -0.2) is 27.8 Å². The maximum Gasteiger partial charge on any atom is 0.258 e. The van der Waals surface area contributed by atoms with Gasteiger partial charge >= 0.3 is 0 Å². The van der Waals surface area contributed by atoms with E-state index in [9.17, 15) is 4.79 Å². The van der Waals surface area contributed by atoms with E-state index in [1.54, 1.807) is 31.0 Å². The molecule has 1 heterocycles. The Morgan fingerprint density at radius 3 is 2.43 bits per heavy atom. The monoisotopic (exact) mass is 308 g/mol. The van der Waals surface area contributed by atoms with E-state index in [4.69, 9.17) is 4.74 Å². The fourth-order valence-electron chi connectivity index (χ4n) is 2.12. The quantitative estimate of drug-likeness (QED) is 0.804. The molecule has 0 aliphatic heterocycles. The number of aromatic nitrogens is 3. The maximum atomic E-state index is 12.2. The van der Waals surface area contributed by atoms with Crippen LogP contribution in [0, 0.1) is 0 Å². The summed E-state index contributed by atoms with van der Waals surface area (Å²) < 4.78 is 6.67. The molecular formula is C17H16N4O2. The van der Waals surface area contributed by atoms with Crippen LogP contribution in [-0.2, 0) is 7.05 Å². The van der Waals surface area contributed by atoms with E-state index in [1.807, 2.05) is 42.5 Å². The van der Waals surface area contributed by atoms with E-state index in [0.29, 0.717) is 17.3 Å². The maximum absolute atomic E-state index is 12.2. The molecule has 0 saturated heterocycles. The summed E-state index contributed by atoms with van der Waals surface area (Å²) in [5.74, 6) is 1.48. The van der Waals surface area contributed by atoms with Crippen LogP contribution in [0.2, 0.25) is 0 Å². The van der Waals surface area contributed by atoms with Crippen molar-refractivity contribution in [3.8, 4) is 17.1 Å². The molecule has 3 rings (SSSR count). The van der Waals surface area contributed by atoms with Gasteiger partial charge in [0.2, 0.25) is 5.95 Å². The molecule has 1 aromatic heterocycles. The number of methoxy groups -OCH3 is 1. The van der Waals surface area contributed by atoms with Gasteiger partial charge in [0.1, 0.15) is 5.75 Å². The molecule has 116 valence electrons. The molecule has 0 aliphatic carbocycles. The van der Waals surface area contributed by atoms with E-state index in [1.165, 1.54) is 0 Å². The molecule has 3 aromatic rings. The molecule has 1 N–H and O–H groups in total. The molecular weight excluding hydrogens is 292 g/mol. The van der Waals surface area contributed by atoms with Crippen molar-refractivity contribution < 1.29 is 9.53 Å². The van der Waals surface area contributed by atoms with Crippen LogP contribution in [0.5, 0.6) is 5.75 Å². The molecule has 23 heavy (non-hydrogen) atoms. The van der Waals surface area contributed by atoms with Gasteiger partial charge in [0.15, 0.2) is 5.82 Å². The van der Waals surface area contributed by atoms with Crippen LogP contribution in [0.4, 0.5) is 5.95 Å². The predicted octanol–water partition coefficient (Wildman–Crippen LogP) is 2.74. The zero-order chi connectivity index (χ0) is 16.2. The molecule has 0 fully saturated rings. The minimum absolute atomic E-state index is 0.220. The van der Waals surface area contributed by atoms with Gasteiger partial charge in [-0.25, -0.2) is 4.68 Å². The van der Waals surface area contributed by atoms with Gasteiger partial charge in [-0.05, 0) is 36.4 Å². The number of rotatable bonds is 4. The summed E-state index contributed by atoms with van der Waals surface area (Å²) >= 11 is 0. The number of carbonyl (C=O) groups is 1. The number of benzene rings is 2. The number of hydrogen-bond acceptors (Lipinski definition) is 4. The van der Waals surface area contributed by atoms with Crippen molar-refractivity contribution in [1.29, 1.82) is 0 Å². The number of hydrogen-bond donors (Lipinski definition) is 1. The van der Waals surface area contributed by atoms with E-state index in [0.717, 1.165) is 11.3 Å². The topological polar surface area (TPSA) is 69.0 Å². The molecule has 0 aliphatic rings. The largest absolute Gasteiger partial charge is 0.497 e. The fourth-order valence-corrected chi connectivity index (χ4v) is 2.12. The van der Waals surface area contributed by atoms with Crippen molar-refractivity contribution in [2.24, 2.45) is 7.05 Å². The number of nitrogens with one attached hydrogen (secondary N) is 1. The third-order valence-electron chi connectivity index (χ3n) is 3.37. The first-order chi connectivity index (χ1) is 11.2. The molecule has 0 spiro atoms. The second kappa shape index (κ2) is 6.31. The summed E-state index contributed by atoms with van der Waals surface area (Å²) in [6.07, 6.45) is 0. The standard InChI is InChI=1S/C17H16N4O2/c1-21-17(19-16(22)13-6-4-3-5-7-13)18-15(20-21)12-8-10-14(23-2)11-9-12/h3-11H,1-2H3,(H,18,19,20,22). The molecule has 6 nitrogen and oxygen atoms in total. The van der Waals surface area contributed by atoms with Crippen molar-refractivity contribution in [1.82, 2.24) is 14.8 Å². The van der Waals surface area contributed by atoms with Gasteiger partial charge in [-0.1, -0.05) is 18.2 Å². The average molecular weight is 308 g/mol. The van der Waals surface area contributed by atoms with Crippen LogP contribution in [0.3, 0.4) is 0 Å².